The molecule has 58 heavy (non-hydrogen) atoms. The minimum atomic E-state index is -0.922. The van der Waals surface area contributed by atoms with E-state index in [9.17, 15) is 9.18 Å². The third-order valence-corrected chi connectivity index (χ3v) is 12.7. The summed E-state index contributed by atoms with van der Waals surface area (Å²) in [6, 6.07) is 10.1. The molecule has 0 bridgehead atoms. The summed E-state index contributed by atoms with van der Waals surface area (Å²) < 4.78 is 49.1. The van der Waals surface area contributed by atoms with E-state index in [1.165, 1.54) is 4.90 Å². The normalized spacial score (nSPS) is 22.5. The molecule has 0 radical (unpaired) electrons. The van der Waals surface area contributed by atoms with Crippen LogP contribution in [0.25, 0.3) is 43.8 Å². The third-order valence-electron chi connectivity index (χ3n) is 12.7. The first-order valence-electron chi connectivity index (χ1n) is 20.7. The Morgan fingerprint density at radius 1 is 1.07 bits per heavy atom. The number of carbonyl (C=O) groups is 1. The lowest BCUT2D eigenvalue weighted by molar-refractivity contribution is -0.0366. The van der Waals surface area contributed by atoms with E-state index in [0.717, 1.165) is 78.0 Å². The van der Waals surface area contributed by atoms with Crippen LogP contribution < -0.4 is 9.64 Å². The Bertz CT molecular complexity index is 2570. The van der Waals surface area contributed by atoms with Gasteiger partial charge in [0, 0.05) is 63.9 Å². The van der Waals surface area contributed by atoms with Crippen LogP contribution >= 0.6 is 0 Å². The summed E-state index contributed by atoms with van der Waals surface area (Å²) in [5.74, 6) is -0.290. The lowest BCUT2D eigenvalue weighted by Gasteiger charge is -2.31. The van der Waals surface area contributed by atoms with Crippen molar-refractivity contribution in [1.82, 2.24) is 44.3 Å². The summed E-state index contributed by atoms with van der Waals surface area (Å²) in [5.41, 5.74) is 3.60. The van der Waals surface area contributed by atoms with Crippen molar-refractivity contribution < 1.29 is 23.0 Å². The van der Waals surface area contributed by atoms with Gasteiger partial charge in [-0.3, -0.25) is 19.4 Å². The van der Waals surface area contributed by atoms with Crippen LogP contribution in [0.3, 0.4) is 0 Å². The second-order valence-corrected chi connectivity index (χ2v) is 16.6. The molecule has 4 aliphatic heterocycles. The molecule has 0 saturated carbocycles. The van der Waals surface area contributed by atoms with Gasteiger partial charge in [-0.1, -0.05) is 25.1 Å². The largest absolute Gasteiger partial charge is 0.461 e. The van der Waals surface area contributed by atoms with E-state index < -0.39 is 17.5 Å². The van der Waals surface area contributed by atoms with Gasteiger partial charge in [-0.2, -0.15) is 20.2 Å². The summed E-state index contributed by atoms with van der Waals surface area (Å²) >= 11 is 0. The van der Waals surface area contributed by atoms with Crippen LogP contribution in [0.4, 0.5) is 14.6 Å². The van der Waals surface area contributed by atoms with Crippen LogP contribution in [0.2, 0.25) is 0 Å². The number of alkyl halides is 1. The molecule has 4 aromatic heterocycles. The molecule has 0 N–H and O–H groups in total. The number of rotatable bonds is 8. The van der Waals surface area contributed by atoms with Gasteiger partial charge in [0.1, 0.15) is 29.8 Å². The van der Waals surface area contributed by atoms with Crippen LogP contribution in [0.5, 0.6) is 6.01 Å². The molecule has 0 aliphatic carbocycles. The summed E-state index contributed by atoms with van der Waals surface area (Å²) in [6.45, 7) is 5.74. The molecule has 2 aromatic carbocycles. The Kier molecular flexibility index (Phi) is 9.27. The lowest BCUT2D eigenvalue weighted by Crippen LogP contribution is -2.43. The van der Waals surface area contributed by atoms with E-state index in [-0.39, 0.29) is 36.0 Å². The van der Waals surface area contributed by atoms with Crippen molar-refractivity contribution in [3.8, 4) is 17.3 Å². The molecule has 1 unspecified atom stereocenters. The zero-order chi connectivity index (χ0) is 39.7. The van der Waals surface area contributed by atoms with Gasteiger partial charge in [-0.05, 0) is 80.0 Å². The molecular formula is C43H48F2N10O3. The first-order valence-corrected chi connectivity index (χ1v) is 20.7. The number of ether oxygens (including phenoxy) is 2. The maximum atomic E-state index is 17.8. The SMILES string of the molecule is CCc1cccc2cc3c(cnn3C3CCCCO3)c(-c3ncc4c(N5CCCn6nc(C(=O)N(C)C)cc6C5)nc(OC[C@@]56CCCN5C[C@H](F)C6)nc4c3F)c12. The molecule has 6 aromatic rings. The third kappa shape index (κ3) is 6.16. The first kappa shape index (κ1) is 37.0. The predicted molar refractivity (Wildman–Crippen MR) is 216 cm³/mol. The van der Waals surface area contributed by atoms with Crippen molar-refractivity contribution in [1.29, 1.82) is 0 Å². The molecule has 302 valence electrons. The second-order valence-electron chi connectivity index (χ2n) is 16.6. The predicted octanol–water partition coefficient (Wildman–Crippen LogP) is 6.86. The van der Waals surface area contributed by atoms with Gasteiger partial charge in [-0.15, -0.1) is 0 Å². The zero-order valence-electron chi connectivity index (χ0n) is 33.3. The maximum absolute atomic E-state index is 17.8. The summed E-state index contributed by atoms with van der Waals surface area (Å²) in [4.78, 5) is 33.3. The number of aryl methyl sites for hydroxylation is 2. The minimum absolute atomic E-state index is 0.0305. The van der Waals surface area contributed by atoms with Crippen LogP contribution in [0.1, 0.15) is 79.8 Å². The Hall–Kier alpha value is -5.28. The van der Waals surface area contributed by atoms with Crippen molar-refractivity contribution >= 4 is 44.3 Å². The quantitative estimate of drug-likeness (QED) is 0.162. The number of hydrogen-bond donors (Lipinski definition) is 0. The molecule has 3 fully saturated rings. The van der Waals surface area contributed by atoms with E-state index in [4.69, 9.17) is 29.5 Å². The first-order chi connectivity index (χ1) is 28.2. The highest BCUT2D eigenvalue weighted by Crippen LogP contribution is 2.43. The molecule has 3 atom stereocenters. The highest BCUT2D eigenvalue weighted by molar-refractivity contribution is 6.13. The van der Waals surface area contributed by atoms with Gasteiger partial charge in [0.25, 0.3) is 5.91 Å². The summed E-state index contributed by atoms with van der Waals surface area (Å²) in [6.07, 6.45) is 8.86. The number of halogens is 2. The number of amides is 1. The molecule has 8 heterocycles. The molecule has 13 nitrogen and oxygen atoms in total. The fourth-order valence-corrected chi connectivity index (χ4v) is 9.85. The van der Waals surface area contributed by atoms with E-state index >= 15 is 4.39 Å². The molecule has 0 spiro atoms. The topological polar surface area (TPSA) is 120 Å². The molecular weight excluding hydrogens is 743 g/mol. The summed E-state index contributed by atoms with van der Waals surface area (Å²) in [5, 5.41) is 12.6. The average Bonchev–Trinajstić information content (AvgIpc) is 3.98. The average molecular weight is 791 g/mol. The fourth-order valence-electron chi connectivity index (χ4n) is 9.85. The number of pyridine rings is 1. The number of carbonyl (C=O) groups excluding carboxylic acids is 1. The van der Waals surface area contributed by atoms with Crippen LogP contribution in [0, 0.1) is 5.82 Å². The number of fused-ring (bicyclic) bond motifs is 5. The van der Waals surface area contributed by atoms with E-state index in [0.29, 0.717) is 68.1 Å². The van der Waals surface area contributed by atoms with Crippen LogP contribution in [-0.4, -0.2) is 109 Å². The smallest absolute Gasteiger partial charge is 0.319 e. The molecule has 15 heteroatoms. The standard InChI is InChI=1S/C43H48F2N10O3/c1-4-26-10-7-11-27-18-33-30(22-47-55(33)34-12-5-6-17-57-34)36(35(26)27)39-37(45)38-31(21-46-39)40(49-42(48-38)58-25-43-13-8-15-53(43)23-28(44)20-43)52-14-9-16-54-29(24-52)19-32(50-54)41(56)51(2)3/h7,10-11,18-19,21-22,28,34H,4-6,8-9,12-17,20,23-25H2,1-3H3/t28-,34?,43+/m1/s1. The van der Waals surface area contributed by atoms with Crippen molar-refractivity contribution in [2.45, 2.75) is 89.3 Å². The van der Waals surface area contributed by atoms with E-state index in [1.54, 1.807) is 20.3 Å². The van der Waals surface area contributed by atoms with Crippen molar-refractivity contribution in [2.75, 3.05) is 51.8 Å². The van der Waals surface area contributed by atoms with E-state index in [1.807, 2.05) is 27.7 Å². The Labute approximate surface area is 334 Å². The van der Waals surface area contributed by atoms with Gasteiger partial charge in [0.15, 0.2) is 17.7 Å². The number of benzene rings is 2. The van der Waals surface area contributed by atoms with Gasteiger partial charge in [0.05, 0.1) is 34.9 Å². The van der Waals surface area contributed by atoms with Crippen LogP contribution in [-0.2, 0) is 24.2 Å². The van der Waals surface area contributed by atoms with Crippen molar-refractivity contribution in [2.24, 2.45) is 0 Å². The number of hydrogen-bond acceptors (Lipinski definition) is 10. The fraction of sp³-hybridized carbons (Fsp3) is 0.488. The summed E-state index contributed by atoms with van der Waals surface area (Å²) in [7, 11) is 3.41. The van der Waals surface area contributed by atoms with Crippen molar-refractivity contribution in [3.05, 3.63) is 65.5 Å². The Balaban J connectivity index is 1.14. The zero-order valence-corrected chi connectivity index (χ0v) is 33.3. The van der Waals surface area contributed by atoms with Crippen LogP contribution in [0.15, 0.2) is 42.7 Å². The number of anilines is 1. The van der Waals surface area contributed by atoms with Crippen molar-refractivity contribution in [3.63, 3.8) is 0 Å². The number of aromatic nitrogens is 7. The minimum Gasteiger partial charge on any atom is -0.461 e. The molecule has 4 aliphatic rings. The van der Waals surface area contributed by atoms with E-state index in [2.05, 4.69) is 40.0 Å². The van der Waals surface area contributed by atoms with Gasteiger partial charge in [-0.25, -0.2) is 13.5 Å². The molecule has 1 amide bonds. The van der Waals surface area contributed by atoms with Gasteiger partial charge in [0.2, 0.25) is 0 Å². The monoisotopic (exact) mass is 790 g/mol. The van der Waals surface area contributed by atoms with Gasteiger partial charge < -0.3 is 19.3 Å². The molecule has 3 saturated heterocycles. The number of nitrogens with zero attached hydrogens (tertiary/aromatic N) is 10. The highest BCUT2D eigenvalue weighted by atomic mass is 19.1. The maximum Gasteiger partial charge on any atom is 0.319 e. The highest BCUT2D eigenvalue weighted by Gasteiger charge is 2.49. The Morgan fingerprint density at radius 2 is 1.97 bits per heavy atom. The Morgan fingerprint density at radius 3 is 2.79 bits per heavy atom. The van der Waals surface area contributed by atoms with Gasteiger partial charge >= 0.3 is 6.01 Å². The molecule has 10 rings (SSSR count). The lowest BCUT2D eigenvalue weighted by atomic mass is 9.92. The second kappa shape index (κ2) is 14.5.